The Bertz CT molecular complexity index is 1070. The predicted octanol–water partition coefficient (Wildman–Crippen LogP) is 4.72. The summed E-state index contributed by atoms with van der Waals surface area (Å²) < 4.78 is 2.00. The van der Waals surface area contributed by atoms with Gasteiger partial charge in [-0.2, -0.15) is 0 Å². The number of benzene rings is 2. The van der Waals surface area contributed by atoms with Crippen molar-refractivity contribution in [1.82, 2.24) is 14.4 Å². The van der Waals surface area contributed by atoms with Crippen molar-refractivity contribution in [1.29, 1.82) is 0 Å². The molecule has 0 atom stereocenters. The minimum atomic E-state index is 0.237. The molecule has 2 N–H and O–H groups in total. The summed E-state index contributed by atoms with van der Waals surface area (Å²) in [5.41, 5.74) is 6.07. The van der Waals surface area contributed by atoms with Crippen molar-refractivity contribution < 1.29 is 5.11 Å². The molecule has 0 amide bonds. The van der Waals surface area contributed by atoms with E-state index in [-0.39, 0.29) is 5.75 Å². The number of anilines is 2. The fraction of sp³-hybridized carbons (Fsp3) is 0.143. The van der Waals surface area contributed by atoms with Gasteiger partial charge in [-0.25, -0.2) is 4.98 Å². The molecule has 0 aliphatic rings. The Morgan fingerprint density at radius 3 is 2.69 bits per heavy atom. The number of nitrogens with one attached hydrogen (secondary N) is 1. The average Bonchev–Trinajstić information content (AvgIpc) is 3.02. The third-order valence-electron chi connectivity index (χ3n) is 4.55. The van der Waals surface area contributed by atoms with Crippen molar-refractivity contribution in [3.8, 4) is 17.0 Å². The van der Waals surface area contributed by atoms with Gasteiger partial charge in [0.15, 0.2) is 5.65 Å². The molecule has 26 heavy (non-hydrogen) atoms. The van der Waals surface area contributed by atoms with Crippen LogP contribution in [0, 0.1) is 6.92 Å². The maximum absolute atomic E-state index is 9.60. The Balaban J connectivity index is 1.91. The highest BCUT2D eigenvalue weighted by atomic mass is 16.3. The molecule has 0 saturated carbocycles. The lowest BCUT2D eigenvalue weighted by Crippen LogP contribution is -2.02. The maximum atomic E-state index is 9.60. The van der Waals surface area contributed by atoms with Crippen molar-refractivity contribution in [2.24, 2.45) is 0 Å². The number of hydrogen-bond acceptors (Lipinski definition) is 4. The van der Waals surface area contributed by atoms with Crippen molar-refractivity contribution in [2.45, 2.75) is 20.3 Å². The highest BCUT2D eigenvalue weighted by Crippen LogP contribution is 2.33. The number of hydrogen-bond donors (Lipinski definition) is 2. The van der Waals surface area contributed by atoms with Crippen LogP contribution in [0.1, 0.15) is 18.1 Å². The molecule has 0 saturated heterocycles. The smallest absolute Gasteiger partial charge is 0.157 e. The summed E-state index contributed by atoms with van der Waals surface area (Å²) in [4.78, 5) is 8.93. The zero-order valence-corrected chi connectivity index (χ0v) is 14.8. The van der Waals surface area contributed by atoms with Gasteiger partial charge in [0.2, 0.25) is 0 Å². The molecule has 0 spiro atoms. The number of aromatic hydroxyl groups is 1. The van der Waals surface area contributed by atoms with E-state index in [1.54, 1.807) is 24.5 Å². The van der Waals surface area contributed by atoms with E-state index in [2.05, 4.69) is 42.3 Å². The first-order valence-electron chi connectivity index (χ1n) is 8.64. The van der Waals surface area contributed by atoms with E-state index in [1.165, 1.54) is 11.1 Å². The van der Waals surface area contributed by atoms with Gasteiger partial charge in [-0.05, 0) is 48.7 Å². The molecule has 0 unspecified atom stereocenters. The Kier molecular flexibility index (Phi) is 4.05. The molecule has 0 radical (unpaired) electrons. The van der Waals surface area contributed by atoms with Crippen LogP contribution in [0.2, 0.25) is 0 Å². The molecule has 130 valence electrons. The Morgan fingerprint density at radius 1 is 1.12 bits per heavy atom. The second-order valence-corrected chi connectivity index (χ2v) is 6.25. The van der Waals surface area contributed by atoms with E-state index in [9.17, 15) is 5.11 Å². The number of aromatic nitrogens is 3. The maximum Gasteiger partial charge on any atom is 0.157 e. The van der Waals surface area contributed by atoms with Gasteiger partial charge in [0.1, 0.15) is 17.3 Å². The second-order valence-electron chi connectivity index (χ2n) is 6.25. The standard InChI is InChI=1S/C21H20N4O/c1-3-15-6-4-5-14(2)19(15)24-21-20(16-7-9-17(26)10-8-16)23-18-13-22-11-12-25(18)21/h4-13,24,26H,3H2,1-2H3. The van der Waals surface area contributed by atoms with Crippen LogP contribution in [0.3, 0.4) is 0 Å². The molecule has 2 heterocycles. The quantitative estimate of drug-likeness (QED) is 0.562. The van der Waals surface area contributed by atoms with Gasteiger partial charge in [-0.1, -0.05) is 25.1 Å². The van der Waals surface area contributed by atoms with Crippen LogP contribution < -0.4 is 5.32 Å². The molecule has 0 bridgehead atoms. The summed E-state index contributed by atoms with van der Waals surface area (Å²) in [6.45, 7) is 4.26. The summed E-state index contributed by atoms with van der Waals surface area (Å²) in [5, 5.41) is 13.2. The lowest BCUT2D eigenvalue weighted by molar-refractivity contribution is 0.475. The van der Waals surface area contributed by atoms with Crippen molar-refractivity contribution in [2.75, 3.05) is 5.32 Å². The highest BCUT2D eigenvalue weighted by molar-refractivity contribution is 5.81. The zero-order valence-electron chi connectivity index (χ0n) is 14.8. The number of phenols is 1. The number of rotatable bonds is 4. The van der Waals surface area contributed by atoms with Crippen LogP contribution in [-0.2, 0) is 6.42 Å². The van der Waals surface area contributed by atoms with Gasteiger partial charge >= 0.3 is 0 Å². The Hall–Kier alpha value is -3.34. The van der Waals surface area contributed by atoms with E-state index in [4.69, 9.17) is 4.98 Å². The lowest BCUT2D eigenvalue weighted by Gasteiger charge is -2.15. The van der Waals surface area contributed by atoms with Crippen LogP contribution in [0.15, 0.2) is 61.1 Å². The third-order valence-corrected chi connectivity index (χ3v) is 4.55. The third kappa shape index (κ3) is 2.77. The molecule has 5 heteroatoms. The number of phenolic OH excluding ortho intramolecular Hbond substituents is 1. The van der Waals surface area contributed by atoms with Gasteiger partial charge in [0, 0.05) is 23.6 Å². The predicted molar refractivity (Wildman–Crippen MR) is 104 cm³/mol. The van der Waals surface area contributed by atoms with Crippen molar-refractivity contribution in [3.05, 3.63) is 72.2 Å². The molecule has 0 fully saturated rings. The molecular formula is C21H20N4O. The molecule has 2 aromatic heterocycles. The van der Waals surface area contributed by atoms with Gasteiger partial charge < -0.3 is 10.4 Å². The number of para-hydroxylation sites is 1. The number of imidazole rings is 1. The summed E-state index contributed by atoms with van der Waals surface area (Å²) in [5.74, 6) is 1.12. The van der Waals surface area contributed by atoms with Crippen LogP contribution in [0.5, 0.6) is 5.75 Å². The Morgan fingerprint density at radius 2 is 1.92 bits per heavy atom. The molecule has 0 aliphatic heterocycles. The van der Waals surface area contributed by atoms with Gasteiger partial charge in [-0.15, -0.1) is 0 Å². The highest BCUT2D eigenvalue weighted by Gasteiger charge is 2.16. The van der Waals surface area contributed by atoms with E-state index in [1.807, 2.05) is 22.7 Å². The largest absolute Gasteiger partial charge is 0.508 e. The van der Waals surface area contributed by atoms with Crippen molar-refractivity contribution in [3.63, 3.8) is 0 Å². The summed E-state index contributed by atoms with van der Waals surface area (Å²) in [6, 6.07) is 13.4. The molecular weight excluding hydrogens is 324 g/mol. The summed E-state index contributed by atoms with van der Waals surface area (Å²) >= 11 is 0. The second kappa shape index (κ2) is 6.52. The van der Waals surface area contributed by atoms with Crippen LogP contribution in [-0.4, -0.2) is 19.5 Å². The normalized spacial score (nSPS) is 11.0. The minimum Gasteiger partial charge on any atom is -0.508 e. The molecule has 5 nitrogen and oxygen atoms in total. The minimum absolute atomic E-state index is 0.237. The molecule has 0 aliphatic carbocycles. The van der Waals surface area contributed by atoms with Gasteiger partial charge in [0.25, 0.3) is 0 Å². The number of nitrogens with zero attached hydrogens (tertiary/aromatic N) is 3. The molecule has 4 rings (SSSR count). The van der Waals surface area contributed by atoms with Crippen LogP contribution >= 0.6 is 0 Å². The number of aryl methyl sites for hydroxylation is 2. The van der Waals surface area contributed by atoms with E-state index in [0.717, 1.165) is 34.8 Å². The monoisotopic (exact) mass is 344 g/mol. The fourth-order valence-electron chi connectivity index (χ4n) is 3.17. The zero-order chi connectivity index (χ0) is 18.1. The first-order valence-corrected chi connectivity index (χ1v) is 8.64. The topological polar surface area (TPSA) is 62.5 Å². The van der Waals surface area contributed by atoms with E-state index < -0.39 is 0 Å². The van der Waals surface area contributed by atoms with Gasteiger partial charge in [0.05, 0.1) is 6.20 Å². The van der Waals surface area contributed by atoms with Crippen LogP contribution in [0.25, 0.3) is 16.9 Å². The number of fused-ring (bicyclic) bond motifs is 1. The first-order chi connectivity index (χ1) is 12.7. The SMILES string of the molecule is CCc1cccc(C)c1Nc1c(-c2ccc(O)cc2)nc2cnccn12. The lowest BCUT2D eigenvalue weighted by atomic mass is 10.1. The van der Waals surface area contributed by atoms with Crippen LogP contribution in [0.4, 0.5) is 11.5 Å². The Labute approximate surface area is 152 Å². The van der Waals surface area contributed by atoms with Crippen molar-refractivity contribution >= 4 is 17.2 Å². The van der Waals surface area contributed by atoms with E-state index in [0.29, 0.717) is 0 Å². The summed E-state index contributed by atoms with van der Waals surface area (Å²) in [7, 11) is 0. The first kappa shape index (κ1) is 16.1. The van der Waals surface area contributed by atoms with E-state index >= 15 is 0 Å². The molecule has 4 aromatic rings. The average molecular weight is 344 g/mol. The molecule has 2 aromatic carbocycles. The summed E-state index contributed by atoms with van der Waals surface area (Å²) in [6.07, 6.45) is 6.34. The van der Waals surface area contributed by atoms with Gasteiger partial charge in [-0.3, -0.25) is 9.38 Å². The fourth-order valence-corrected chi connectivity index (χ4v) is 3.17.